The summed E-state index contributed by atoms with van der Waals surface area (Å²) in [7, 11) is 0. The molecule has 0 unspecified atom stereocenters. The monoisotopic (exact) mass is 372 g/mol. The van der Waals surface area contributed by atoms with Crippen molar-refractivity contribution in [2.75, 3.05) is 0 Å². The zero-order chi connectivity index (χ0) is 15.4. The molecule has 0 radical (unpaired) electrons. The number of pyridine rings is 1. The number of nitrogens with zero attached hydrogens (tertiary/aromatic N) is 1. The van der Waals surface area contributed by atoms with Crippen LogP contribution in [0, 0.1) is 0 Å². The molecule has 0 fully saturated rings. The Morgan fingerprint density at radius 2 is 2.09 bits per heavy atom. The topological polar surface area (TPSA) is 42.0 Å². The van der Waals surface area contributed by atoms with E-state index in [0.29, 0.717) is 6.54 Å². The van der Waals surface area contributed by atoms with Gasteiger partial charge < -0.3 is 5.32 Å². The number of thiophene rings is 1. The Bertz CT molecular complexity index is 836. The number of amides is 1. The average molecular weight is 373 g/mol. The van der Waals surface area contributed by atoms with Gasteiger partial charge in [-0.1, -0.05) is 24.3 Å². The first-order valence-electron chi connectivity index (χ1n) is 6.76. The van der Waals surface area contributed by atoms with E-state index in [2.05, 4.69) is 26.2 Å². The number of rotatable bonds is 4. The second-order valence-corrected chi connectivity index (χ2v) is 7.23. The van der Waals surface area contributed by atoms with E-state index in [0.717, 1.165) is 25.1 Å². The van der Waals surface area contributed by atoms with Crippen LogP contribution < -0.4 is 5.32 Å². The zero-order valence-corrected chi connectivity index (χ0v) is 14.0. The molecule has 0 spiro atoms. The lowest BCUT2D eigenvalue weighted by Gasteiger charge is -2.01. The Balaban J connectivity index is 1.68. The van der Waals surface area contributed by atoms with Crippen LogP contribution in [0.5, 0.6) is 0 Å². The van der Waals surface area contributed by atoms with Crippen molar-refractivity contribution in [1.82, 2.24) is 10.3 Å². The SMILES string of the molecule is O=C(/C=C/c1cccc2cccnc12)NCc1ccc(Br)s1. The summed E-state index contributed by atoms with van der Waals surface area (Å²) in [5.74, 6) is -0.113. The number of fused-ring (bicyclic) bond motifs is 1. The largest absolute Gasteiger partial charge is 0.348 e. The second-order valence-electron chi connectivity index (χ2n) is 4.68. The fourth-order valence-corrected chi connectivity index (χ4v) is 3.53. The third-order valence-corrected chi connectivity index (χ3v) is 4.77. The summed E-state index contributed by atoms with van der Waals surface area (Å²) in [6.07, 6.45) is 5.11. The lowest BCUT2D eigenvalue weighted by Crippen LogP contribution is -2.19. The number of aromatic nitrogens is 1. The van der Waals surface area contributed by atoms with E-state index in [1.807, 2.05) is 42.5 Å². The first-order valence-corrected chi connectivity index (χ1v) is 8.37. The highest BCUT2D eigenvalue weighted by molar-refractivity contribution is 9.11. The lowest BCUT2D eigenvalue weighted by atomic mass is 10.1. The van der Waals surface area contributed by atoms with Crippen LogP contribution >= 0.6 is 27.3 Å². The molecule has 2 heterocycles. The molecule has 3 rings (SSSR count). The number of hydrogen-bond acceptors (Lipinski definition) is 3. The van der Waals surface area contributed by atoms with Gasteiger partial charge in [-0.2, -0.15) is 0 Å². The van der Waals surface area contributed by atoms with Crippen molar-refractivity contribution < 1.29 is 4.79 Å². The molecular formula is C17H13BrN2OS. The maximum absolute atomic E-state index is 11.9. The minimum atomic E-state index is -0.113. The number of carbonyl (C=O) groups is 1. The third kappa shape index (κ3) is 3.61. The summed E-state index contributed by atoms with van der Waals surface area (Å²) in [6, 6.07) is 13.8. The first-order chi connectivity index (χ1) is 10.7. The highest BCUT2D eigenvalue weighted by Gasteiger charge is 2.01. The lowest BCUT2D eigenvalue weighted by molar-refractivity contribution is -0.116. The zero-order valence-electron chi connectivity index (χ0n) is 11.6. The molecule has 0 atom stereocenters. The van der Waals surface area contributed by atoms with Crippen molar-refractivity contribution in [2.24, 2.45) is 0 Å². The van der Waals surface area contributed by atoms with Crippen LogP contribution in [-0.4, -0.2) is 10.9 Å². The Hall–Kier alpha value is -1.98. The molecular weight excluding hydrogens is 360 g/mol. The van der Waals surface area contributed by atoms with Crippen molar-refractivity contribution in [3.8, 4) is 0 Å². The number of nitrogens with one attached hydrogen (secondary N) is 1. The smallest absolute Gasteiger partial charge is 0.244 e. The van der Waals surface area contributed by atoms with Crippen molar-refractivity contribution in [1.29, 1.82) is 0 Å². The number of hydrogen-bond donors (Lipinski definition) is 1. The van der Waals surface area contributed by atoms with Gasteiger partial charge in [0, 0.05) is 28.1 Å². The van der Waals surface area contributed by atoms with Gasteiger partial charge in [-0.3, -0.25) is 9.78 Å². The van der Waals surface area contributed by atoms with Gasteiger partial charge in [0.05, 0.1) is 15.8 Å². The molecule has 3 nitrogen and oxygen atoms in total. The van der Waals surface area contributed by atoms with E-state index in [-0.39, 0.29) is 5.91 Å². The summed E-state index contributed by atoms with van der Waals surface area (Å²) in [4.78, 5) is 17.4. The van der Waals surface area contributed by atoms with Gasteiger partial charge in [0.25, 0.3) is 0 Å². The number of halogens is 1. The number of benzene rings is 1. The van der Waals surface area contributed by atoms with Gasteiger partial charge >= 0.3 is 0 Å². The van der Waals surface area contributed by atoms with Crippen LogP contribution in [0.1, 0.15) is 10.4 Å². The number of para-hydroxylation sites is 1. The quantitative estimate of drug-likeness (QED) is 0.690. The Kier molecular flexibility index (Phi) is 4.65. The summed E-state index contributed by atoms with van der Waals surface area (Å²) < 4.78 is 1.06. The normalized spacial score (nSPS) is 11.1. The van der Waals surface area contributed by atoms with Crippen LogP contribution in [0.15, 0.2) is 58.5 Å². The fraction of sp³-hybridized carbons (Fsp3) is 0.0588. The van der Waals surface area contributed by atoms with E-state index < -0.39 is 0 Å². The molecule has 0 aliphatic carbocycles. The molecule has 3 aromatic rings. The highest BCUT2D eigenvalue weighted by atomic mass is 79.9. The van der Waals surface area contributed by atoms with E-state index in [4.69, 9.17) is 0 Å². The van der Waals surface area contributed by atoms with Gasteiger partial charge in [0.2, 0.25) is 5.91 Å². The summed E-state index contributed by atoms with van der Waals surface area (Å²) in [5, 5.41) is 3.94. The van der Waals surface area contributed by atoms with Crippen LogP contribution in [-0.2, 0) is 11.3 Å². The first kappa shape index (κ1) is 14.9. The van der Waals surface area contributed by atoms with Gasteiger partial charge in [0.15, 0.2) is 0 Å². The van der Waals surface area contributed by atoms with Gasteiger partial charge in [-0.05, 0) is 40.2 Å². The minimum Gasteiger partial charge on any atom is -0.348 e. The fourth-order valence-electron chi connectivity index (χ4n) is 2.11. The molecule has 0 aliphatic heterocycles. The molecule has 0 aliphatic rings. The van der Waals surface area contributed by atoms with Crippen molar-refractivity contribution in [3.05, 3.63) is 69.0 Å². The van der Waals surface area contributed by atoms with E-state index in [9.17, 15) is 4.79 Å². The molecule has 1 amide bonds. The molecule has 22 heavy (non-hydrogen) atoms. The Morgan fingerprint density at radius 1 is 1.23 bits per heavy atom. The molecule has 0 saturated heterocycles. The summed E-state index contributed by atoms with van der Waals surface area (Å²) in [6.45, 7) is 0.535. The maximum Gasteiger partial charge on any atom is 0.244 e. The maximum atomic E-state index is 11.9. The predicted octanol–water partition coefficient (Wildman–Crippen LogP) is 4.39. The van der Waals surface area contributed by atoms with Crippen LogP contribution in [0.4, 0.5) is 0 Å². The van der Waals surface area contributed by atoms with Crippen molar-refractivity contribution >= 4 is 50.2 Å². The molecule has 2 aromatic heterocycles. The summed E-state index contributed by atoms with van der Waals surface area (Å²) in [5.41, 5.74) is 1.84. The minimum absolute atomic E-state index is 0.113. The Morgan fingerprint density at radius 3 is 2.91 bits per heavy atom. The molecule has 0 bridgehead atoms. The molecule has 1 aromatic carbocycles. The average Bonchev–Trinajstić information content (AvgIpc) is 2.96. The van der Waals surface area contributed by atoms with E-state index in [1.165, 1.54) is 0 Å². The number of carbonyl (C=O) groups excluding carboxylic acids is 1. The molecule has 1 N–H and O–H groups in total. The van der Waals surface area contributed by atoms with Gasteiger partial charge in [-0.15, -0.1) is 11.3 Å². The van der Waals surface area contributed by atoms with Crippen LogP contribution in [0.2, 0.25) is 0 Å². The Labute approximate surface area is 140 Å². The van der Waals surface area contributed by atoms with Crippen LogP contribution in [0.3, 0.4) is 0 Å². The predicted molar refractivity (Wildman–Crippen MR) is 94.6 cm³/mol. The molecule has 0 saturated carbocycles. The van der Waals surface area contributed by atoms with E-state index >= 15 is 0 Å². The van der Waals surface area contributed by atoms with E-state index in [1.54, 1.807) is 29.7 Å². The molecule has 5 heteroatoms. The highest BCUT2D eigenvalue weighted by Crippen LogP contribution is 2.21. The second kappa shape index (κ2) is 6.85. The van der Waals surface area contributed by atoms with Crippen molar-refractivity contribution in [3.63, 3.8) is 0 Å². The summed E-state index contributed by atoms with van der Waals surface area (Å²) >= 11 is 5.02. The van der Waals surface area contributed by atoms with Crippen LogP contribution in [0.25, 0.3) is 17.0 Å². The molecule has 110 valence electrons. The van der Waals surface area contributed by atoms with Gasteiger partial charge in [0.1, 0.15) is 0 Å². The standard InChI is InChI=1S/C17H13BrN2OS/c18-15-8-7-14(22-15)11-20-16(21)9-6-13-4-1-3-12-5-2-10-19-17(12)13/h1-10H,11H2,(H,20,21)/b9-6+. The van der Waals surface area contributed by atoms with Gasteiger partial charge in [-0.25, -0.2) is 0 Å². The third-order valence-electron chi connectivity index (χ3n) is 3.14. The van der Waals surface area contributed by atoms with Crippen molar-refractivity contribution in [2.45, 2.75) is 6.54 Å².